The fraction of sp³-hybridized carbons (Fsp3) is 0.222. The average molecular weight is 504 g/mol. The van der Waals surface area contributed by atoms with E-state index in [0.717, 1.165) is 5.56 Å². The van der Waals surface area contributed by atoms with E-state index in [4.69, 9.17) is 14.2 Å². The fourth-order valence-corrected chi connectivity index (χ4v) is 3.45. The minimum absolute atomic E-state index is 0.0529. The van der Waals surface area contributed by atoms with Gasteiger partial charge < -0.3 is 14.2 Å². The summed E-state index contributed by atoms with van der Waals surface area (Å²) in [4.78, 5) is 35.1. The number of nitro benzene ring substituents is 1. The fourth-order valence-electron chi connectivity index (χ4n) is 3.45. The normalized spacial score (nSPS) is 14.7. The van der Waals surface area contributed by atoms with Crippen LogP contribution in [0.4, 0.5) is 5.69 Å². The molecule has 1 heterocycles. The molecule has 3 aromatic rings. The van der Waals surface area contributed by atoms with Gasteiger partial charge in [-0.3, -0.25) is 14.9 Å². The number of nitrogens with one attached hydrogen (secondary N) is 1. The second kappa shape index (κ2) is 10.5. The first-order chi connectivity index (χ1) is 17.6. The van der Waals surface area contributed by atoms with E-state index in [2.05, 4.69) is 31.3 Å². The Morgan fingerprint density at radius 1 is 1.08 bits per heavy atom. The molecule has 0 aliphatic carbocycles. The number of hydrogen-bond acceptors (Lipinski definition) is 8. The van der Waals surface area contributed by atoms with Crippen LogP contribution < -0.4 is 19.6 Å². The number of nitro groups is 1. The van der Waals surface area contributed by atoms with E-state index in [1.165, 1.54) is 30.5 Å². The maximum absolute atomic E-state index is 12.6. The third-order valence-electron chi connectivity index (χ3n) is 5.53. The van der Waals surface area contributed by atoms with Crippen molar-refractivity contribution in [2.24, 2.45) is 5.10 Å². The molecule has 1 amide bonds. The highest BCUT2D eigenvalue weighted by atomic mass is 16.6. The van der Waals surface area contributed by atoms with Gasteiger partial charge >= 0.3 is 5.97 Å². The minimum Gasteiger partial charge on any atom is -0.485 e. The highest BCUT2D eigenvalue weighted by Crippen LogP contribution is 2.36. The number of fused-ring (bicyclic) bond motifs is 1. The van der Waals surface area contributed by atoms with Gasteiger partial charge in [0.15, 0.2) is 11.5 Å². The van der Waals surface area contributed by atoms with Crippen molar-refractivity contribution in [1.82, 2.24) is 5.43 Å². The van der Waals surface area contributed by atoms with Crippen LogP contribution in [0.5, 0.6) is 17.2 Å². The van der Waals surface area contributed by atoms with Crippen molar-refractivity contribution < 1.29 is 28.7 Å². The van der Waals surface area contributed by atoms with E-state index in [0.29, 0.717) is 17.1 Å². The first-order valence-corrected chi connectivity index (χ1v) is 11.4. The zero-order valence-electron chi connectivity index (χ0n) is 20.5. The van der Waals surface area contributed by atoms with Crippen LogP contribution in [-0.2, 0) is 10.2 Å². The van der Waals surface area contributed by atoms with Crippen LogP contribution in [0.25, 0.3) is 0 Å². The predicted octanol–water partition coefficient (Wildman–Crippen LogP) is 4.40. The van der Waals surface area contributed by atoms with E-state index in [9.17, 15) is 19.7 Å². The Hall–Kier alpha value is -4.73. The molecule has 0 radical (unpaired) electrons. The minimum atomic E-state index is -0.867. The number of non-ortho nitro benzene ring substituents is 1. The molecule has 37 heavy (non-hydrogen) atoms. The number of rotatable bonds is 6. The van der Waals surface area contributed by atoms with E-state index in [1.54, 1.807) is 24.3 Å². The summed E-state index contributed by atoms with van der Waals surface area (Å²) in [5.41, 5.74) is 4.03. The summed E-state index contributed by atoms with van der Waals surface area (Å²) in [6.45, 7) is 6.31. The quantitative estimate of drug-likeness (QED) is 0.173. The van der Waals surface area contributed by atoms with Gasteiger partial charge in [0.05, 0.1) is 16.7 Å². The van der Waals surface area contributed by atoms with Crippen LogP contribution in [-0.4, -0.2) is 35.7 Å². The molecule has 1 aliphatic rings. The Bertz CT molecular complexity index is 1360. The standard InChI is InChI=1S/C27H25N3O7/c1-27(2,3)19-9-12-22-23(14-19)37-24(16-35-22)25(31)29-28-15-17-5-4-6-21(13-17)36-26(32)18-7-10-20(11-8-18)30(33)34/h4-15,24H,16H2,1-3H3,(H,29,31)/b28-15+. The largest absolute Gasteiger partial charge is 0.485 e. The van der Waals surface area contributed by atoms with Gasteiger partial charge in [-0.1, -0.05) is 39.0 Å². The molecule has 0 bridgehead atoms. The highest BCUT2D eigenvalue weighted by Gasteiger charge is 2.28. The number of hydrogen-bond donors (Lipinski definition) is 1. The van der Waals surface area contributed by atoms with E-state index < -0.39 is 22.9 Å². The van der Waals surface area contributed by atoms with E-state index in [-0.39, 0.29) is 29.0 Å². The van der Waals surface area contributed by atoms with Crippen LogP contribution in [0.3, 0.4) is 0 Å². The summed E-state index contributed by atoms with van der Waals surface area (Å²) in [6, 6.07) is 17.3. The summed E-state index contributed by atoms with van der Waals surface area (Å²) in [6.07, 6.45) is 0.532. The molecule has 0 aromatic heterocycles. The second-order valence-corrected chi connectivity index (χ2v) is 9.33. The first-order valence-electron chi connectivity index (χ1n) is 11.4. The van der Waals surface area contributed by atoms with Gasteiger partial charge in [0.25, 0.3) is 11.6 Å². The Morgan fingerprint density at radius 3 is 2.54 bits per heavy atom. The average Bonchev–Trinajstić information content (AvgIpc) is 2.87. The Morgan fingerprint density at radius 2 is 1.84 bits per heavy atom. The number of ether oxygens (including phenoxy) is 3. The van der Waals surface area contributed by atoms with E-state index >= 15 is 0 Å². The van der Waals surface area contributed by atoms with Crippen molar-refractivity contribution >= 4 is 23.8 Å². The van der Waals surface area contributed by atoms with Gasteiger partial charge in [-0.2, -0.15) is 5.10 Å². The molecule has 0 saturated carbocycles. The molecule has 1 unspecified atom stereocenters. The maximum Gasteiger partial charge on any atom is 0.343 e. The molecule has 1 N–H and O–H groups in total. The molecular formula is C27H25N3O7. The number of nitrogens with zero attached hydrogens (tertiary/aromatic N) is 2. The monoisotopic (exact) mass is 503 g/mol. The van der Waals surface area contributed by atoms with Gasteiger partial charge in [0.2, 0.25) is 6.10 Å². The zero-order chi connectivity index (χ0) is 26.6. The highest BCUT2D eigenvalue weighted by molar-refractivity contribution is 5.91. The molecule has 10 heteroatoms. The first kappa shape index (κ1) is 25.4. The lowest BCUT2D eigenvalue weighted by Gasteiger charge is -2.27. The van der Waals surface area contributed by atoms with Crippen LogP contribution in [0.15, 0.2) is 71.8 Å². The summed E-state index contributed by atoms with van der Waals surface area (Å²) in [5.74, 6) is 0.199. The topological polar surface area (TPSA) is 129 Å². The van der Waals surface area contributed by atoms with E-state index in [1.807, 2.05) is 18.2 Å². The molecular weight excluding hydrogens is 478 g/mol. The van der Waals surface area contributed by atoms with Gasteiger partial charge in [-0.15, -0.1) is 0 Å². The van der Waals surface area contributed by atoms with Gasteiger partial charge in [0, 0.05) is 12.1 Å². The molecule has 1 atom stereocenters. The summed E-state index contributed by atoms with van der Waals surface area (Å²) >= 11 is 0. The SMILES string of the molecule is CC(C)(C)c1ccc2c(c1)OC(C(=O)N/N=C/c1cccc(OC(=O)c3ccc([N+](=O)[O-])cc3)c1)CO2. The molecule has 0 fully saturated rings. The van der Waals surface area contributed by atoms with Crippen molar-refractivity contribution in [2.75, 3.05) is 6.61 Å². The number of benzene rings is 3. The zero-order valence-corrected chi connectivity index (χ0v) is 20.5. The van der Waals surface area contributed by atoms with Crippen molar-refractivity contribution in [3.05, 3.63) is 93.5 Å². The number of carbonyl (C=O) groups is 2. The number of esters is 1. The third-order valence-corrected chi connectivity index (χ3v) is 5.53. The predicted molar refractivity (Wildman–Crippen MR) is 135 cm³/mol. The Labute approximate surface area is 213 Å². The molecule has 0 saturated heterocycles. The smallest absolute Gasteiger partial charge is 0.343 e. The van der Waals surface area contributed by atoms with Crippen molar-refractivity contribution in [3.8, 4) is 17.2 Å². The van der Waals surface area contributed by atoms with Gasteiger partial charge in [-0.05, 0) is 52.9 Å². The lowest BCUT2D eigenvalue weighted by Crippen LogP contribution is -2.42. The van der Waals surface area contributed by atoms with Crippen LogP contribution in [0, 0.1) is 10.1 Å². The summed E-state index contributed by atoms with van der Waals surface area (Å²) in [5, 5.41) is 14.7. The lowest BCUT2D eigenvalue weighted by molar-refractivity contribution is -0.384. The number of hydrazone groups is 1. The molecule has 10 nitrogen and oxygen atoms in total. The van der Waals surface area contributed by atoms with Crippen molar-refractivity contribution in [1.29, 1.82) is 0 Å². The number of amides is 1. The van der Waals surface area contributed by atoms with Crippen LogP contribution in [0.1, 0.15) is 42.3 Å². The Kier molecular flexibility index (Phi) is 7.19. The Balaban J connectivity index is 1.35. The van der Waals surface area contributed by atoms with Gasteiger partial charge in [-0.25, -0.2) is 10.2 Å². The molecule has 0 spiro atoms. The molecule has 190 valence electrons. The van der Waals surface area contributed by atoms with Crippen molar-refractivity contribution in [2.45, 2.75) is 32.3 Å². The molecule has 3 aromatic carbocycles. The second-order valence-electron chi connectivity index (χ2n) is 9.33. The molecule has 4 rings (SSSR count). The molecule has 1 aliphatic heterocycles. The maximum atomic E-state index is 12.6. The lowest BCUT2D eigenvalue weighted by atomic mass is 9.87. The third kappa shape index (κ3) is 6.29. The number of carbonyl (C=O) groups excluding carboxylic acids is 2. The van der Waals surface area contributed by atoms with Crippen LogP contribution in [0.2, 0.25) is 0 Å². The summed E-state index contributed by atoms with van der Waals surface area (Å²) in [7, 11) is 0. The van der Waals surface area contributed by atoms with Crippen molar-refractivity contribution in [3.63, 3.8) is 0 Å². The van der Waals surface area contributed by atoms with Crippen LogP contribution >= 0.6 is 0 Å². The summed E-state index contributed by atoms with van der Waals surface area (Å²) < 4.78 is 16.9. The van der Waals surface area contributed by atoms with Gasteiger partial charge in [0.1, 0.15) is 12.4 Å².